The maximum atomic E-state index is 13.1. The van der Waals surface area contributed by atoms with Crippen LogP contribution in [0.25, 0.3) is 0 Å². The lowest BCUT2D eigenvalue weighted by atomic mass is 9.94. The normalized spacial score (nSPS) is 15.3. The minimum atomic E-state index is -0.501. The average molecular weight is 446 g/mol. The number of hydrogen-bond acceptors (Lipinski definition) is 6. The Kier molecular flexibility index (Phi) is 6.26. The summed E-state index contributed by atoms with van der Waals surface area (Å²) < 4.78 is 7.06. The number of nitrogens with zero attached hydrogens (tertiary/aromatic N) is 4. The van der Waals surface area contributed by atoms with E-state index in [0.29, 0.717) is 22.9 Å². The predicted octanol–water partition coefficient (Wildman–Crippen LogP) is 3.78. The van der Waals surface area contributed by atoms with Crippen LogP contribution in [-0.2, 0) is 14.3 Å². The molecule has 1 amide bonds. The number of fused-ring (bicyclic) bond motifs is 1. The van der Waals surface area contributed by atoms with Crippen molar-refractivity contribution >= 4 is 23.5 Å². The first-order chi connectivity index (χ1) is 15.9. The number of amides is 1. The van der Waals surface area contributed by atoms with Crippen LogP contribution in [0.15, 0.2) is 66.1 Å². The highest BCUT2D eigenvalue weighted by molar-refractivity contribution is 5.96. The number of carbonyl (C=O) groups excluding carboxylic acids is 2. The fraction of sp³-hybridized carbons (Fsp3) is 0.280. The molecule has 0 saturated heterocycles. The second kappa shape index (κ2) is 9.28. The molecular formula is C25H27N5O3. The largest absolute Gasteiger partial charge is 0.463 e. The Morgan fingerprint density at radius 1 is 1.00 bits per heavy atom. The maximum Gasteiger partial charge on any atom is 0.338 e. The molecule has 8 heteroatoms. The van der Waals surface area contributed by atoms with Crippen molar-refractivity contribution in [2.75, 3.05) is 23.4 Å². The van der Waals surface area contributed by atoms with Crippen LogP contribution < -0.4 is 10.2 Å². The van der Waals surface area contributed by atoms with E-state index in [9.17, 15) is 9.59 Å². The third kappa shape index (κ3) is 4.50. The molecule has 8 nitrogen and oxygen atoms in total. The van der Waals surface area contributed by atoms with Crippen molar-refractivity contribution in [3.63, 3.8) is 0 Å². The molecular weight excluding hydrogens is 418 g/mol. The SMILES string of the molecule is CCOC(=O)C1=C(C)N(CC(=O)Nc2ccc(C)cc2)c2ncnn2[C@@H]1c1ccc(C)cc1. The topological polar surface area (TPSA) is 89.3 Å². The number of ether oxygens (including phenoxy) is 1. The maximum absolute atomic E-state index is 13.1. The Morgan fingerprint density at radius 3 is 2.27 bits per heavy atom. The van der Waals surface area contributed by atoms with Gasteiger partial charge in [0.25, 0.3) is 0 Å². The molecule has 170 valence electrons. The van der Waals surface area contributed by atoms with Gasteiger partial charge in [0.05, 0.1) is 12.2 Å². The molecule has 1 aromatic heterocycles. The van der Waals surface area contributed by atoms with Crippen LogP contribution in [0.4, 0.5) is 11.6 Å². The zero-order valence-corrected chi connectivity index (χ0v) is 19.2. The van der Waals surface area contributed by atoms with Gasteiger partial charge in [-0.25, -0.2) is 9.48 Å². The van der Waals surface area contributed by atoms with Crippen LogP contribution >= 0.6 is 0 Å². The zero-order valence-electron chi connectivity index (χ0n) is 19.2. The Hall–Kier alpha value is -3.94. The molecule has 0 bridgehead atoms. The molecule has 0 fully saturated rings. The number of aryl methyl sites for hydroxylation is 2. The van der Waals surface area contributed by atoms with Crippen molar-refractivity contribution in [3.05, 3.63) is 82.8 Å². The number of nitrogens with one attached hydrogen (secondary N) is 1. The Labute approximate surface area is 192 Å². The first-order valence-electron chi connectivity index (χ1n) is 10.9. The Balaban J connectivity index is 1.72. The van der Waals surface area contributed by atoms with E-state index >= 15 is 0 Å². The molecule has 3 aromatic rings. The smallest absolute Gasteiger partial charge is 0.338 e. The highest BCUT2D eigenvalue weighted by Crippen LogP contribution is 2.38. The van der Waals surface area contributed by atoms with Crippen molar-refractivity contribution in [2.24, 2.45) is 0 Å². The van der Waals surface area contributed by atoms with Gasteiger partial charge in [0.1, 0.15) is 18.9 Å². The summed E-state index contributed by atoms with van der Waals surface area (Å²) in [6, 6.07) is 15.0. The molecule has 1 N–H and O–H groups in total. The van der Waals surface area contributed by atoms with Crippen LogP contribution in [0.2, 0.25) is 0 Å². The molecule has 4 rings (SSSR count). The van der Waals surface area contributed by atoms with E-state index in [2.05, 4.69) is 15.4 Å². The van der Waals surface area contributed by atoms with Gasteiger partial charge in [-0.05, 0) is 45.4 Å². The van der Waals surface area contributed by atoms with Gasteiger partial charge >= 0.3 is 5.97 Å². The highest BCUT2D eigenvalue weighted by Gasteiger charge is 2.38. The minimum Gasteiger partial charge on any atom is -0.463 e. The number of carbonyl (C=O) groups is 2. The van der Waals surface area contributed by atoms with E-state index < -0.39 is 12.0 Å². The monoisotopic (exact) mass is 445 g/mol. The number of anilines is 2. The van der Waals surface area contributed by atoms with Gasteiger partial charge in [-0.1, -0.05) is 47.5 Å². The second-order valence-electron chi connectivity index (χ2n) is 8.04. The standard InChI is InChI=1S/C25H27N5O3/c1-5-33-24(32)22-18(4)29(14-21(31)28-20-12-8-17(3)9-13-20)25-26-15-27-30(25)23(22)19-10-6-16(2)7-11-19/h6-13,15,23H,5,14H2,1-4H3,(H,28,31)/t23-/m1/s1. The summed E-state index contributed by atoms with van der Waals surface area (Å²) in [5.74, 6) is -0.180. The van der Waals surface area contributed by atoms with Gasteiger partial charge in [0, 0.05) is 11.4 Å². The van der Waals surface area contributed by atoms with Crippen molar-refractivity contribution in [2.45, 2.75) is 33.7 Å². The fourth-order valence-corrected chi connectivity index (χ4v) is 3.93. The van der Waals surface area contributed by atoms with Gasteiger partial charge < -0.3 is 15.0 Å². The molecule has 0 unspecified atom stereocenters. The lowest BCUT2D eigenvalue weighted by Crippen LogP contribution is -2.40. The number of esters is 1. The van der Waals surface area contributed by atoms with E-state index in [1.54, 1.807) is 16.5 Å². The van der Waals surface area contributed by atoms with Crippen molar-refractivity contribution in [3.8, 4) is 0 Å². The van der Waals surface area contributed by atoms with Gasteiger partial charge in [0.2, 0.25) is 11.9 Å². The highest BCUT2D eigenvalue weighted by atomic mass is 16.5. The number of allylic oxidation sites excluding steroid dienone is 1. The summed E-state index contributed by atoms with van der Waals surface area (Å²) in [4.78, 5) is 32.1. The molecule has 0 radical (unpaired) electrons. The molecule has 33 heavy (non-hydrogen) atoms. The van der Waals surface area contributed by atoms with Gasteiger partial charge in [-0.15, -0.1) is 0 Å². The van der Waals surface area contributed by atoms with Gasteiger partial charge in [0.15, 0.2) is 0 Å². The van der Waals surface area contributed by atoms with Gasteiger partial charge in [-0.3, -0.25) is 4.79 Å². The molecule has 1 atom stereocenters. The zero-order chi connectivity index (χ0) is 23.5. The lowest BCUT2D eigenvalue weighted by Gasteiger charge is -2.35. The molecule has 0 saturated carbocycles. The third-order valence-electron chi connectivity index (χ3n) is 5.63. The lowest BCUT2D eigenvalue weighted by molar-refractivity contribution is -0.139. The number of rotatable bonds is 6. The average Bonchev–Trinajstić information content (AvgIpc) is 3.27. The first kappa shape index (κ1) is 22.3. The van der Waals surface area contributed by atoms with Crippen LogP contribution in [0.5, 0.6) is 0 Å². The van der Waals surface area contributed by atoms with E-state index in [-0.39, 0.29) is 19.1 Å². The molecule has 1 aliphatic heterocycles. The van der Waals surface area contributed by atoms with Gasteiger partial charge in [-0.2, -0.15) is 10.1 Å². The van der Waals surface area contributed by atoms with Crippen molar-refractivity contribution < 1.29 is 14.3 Å². The number of aromatic nitrogens is 3. The second-order valence-corrected chi connectivity index (χ2v) is 8.04. The first-order valence-corrected chi connectivity index (χ1v) is 10.9. The third-order valence-corrected chi connectivity index (χ3v) is 5.63. The summed E-state index contributed by atoms with van der Waals surface area (Å²) >= 11 is 0. The summed E-state index contributed by atoms with van der Waals surface area (Å²) in [5.41, 5.74) is 4.85. The quantitative estimate of drug-likeness (QED) is 0.581. The molecule has 0 aliphatic carbocycles. The summed E-state index contributed by atoms with van der Waals surface area (Å²) in [6.07, 6.45) is 1.43. The summed E-state index contributed by atoms with van der Waals surface area (Å²) in [5, 5.41) is 7.31. The molecule has 2 heterocycles. The number of benzene rings is 2. The summed E-state index contributed by atoms with van der Waals surface area (Å²) in [6.45, 7) is 7.79. The van der Waals surface area contributed by atoms with E-state index in [1.165, 1.54) is 6.33 Å². The molecule has 0 spiro atoms. The fourth-order valence-electron chi connectivity index (χ4n) is 3.93. The van der Waals surface area contributed by atoms with E-state index in [1.807, 2.05) is 69.3 Å². The van der Waals surface area contributed by atoms with Crippen molar-refractivity contribution in [1.82, 2.24) is 14.8 Å². The van der Waals surface area contributed by atoms with Crippen LogP contribution in [0, 0.1) is 13.8 Å². The van der Waals surface area contributed by atoms with E-state index in [4.69, 9.17) is 4.74 Å². The molecule has 2 aromatic carbocycles. The van der Waals surface area contributed by atoms with Crippen LogP contribution in [-0.4, -0.2) is 39.8 Å². The van der Waals surface area contributed by atoms with E-state index in [0.717, 1.165) is 16.7 Å². The predicted molar refractivity (Wildman–Crippen MR) is 126 cm³/mol. The number of hydrogen-bond donors (Lipinski definition) is 1. The Bertz CT molecular complexity index is 1200. The summed E-state index contributed by atoms with van der Waals surface area (Å²) in [7, 11) is 0. The van der Waals surface area contributed by atoms with Crippen molar-refractivity contribution in [1.29, 1.82) is 0 Å². The minimum absolute atomic E-state index is 0.0259. The molecule has 1 aliphatic rings. The van der Waals surface area contributed by atoms with Crippen LogP contribution in [0.1, 0.15) is 36.6 Å². The van der Waals surface area contributed by atoms with Crippen LogP contribution in [0.3, 0.4) is 0 Å². The Morgan fingerprint density at radius 2 is 1.64 bits per heavy atom.